The summed E-state index contributed by atoms with van der Waals surface area (Å²) in [5.74, 6) is -0.0801. The summed E-state index contributed by atoms with van der Waals surface area (Å²) in [6.07, 6.45) is 3.54. The number of rotatable bonds is 5. The maximum atomic E-state index is 12.4. The van der Waals surface area contributed by atoms with Crippen molar-refractivity contribution in [1.29, 1.82) is 0 Å². The van der Waals surface area contributed by atoms with Crippen LogP contribution in [0.1, 0.15) is 17.4 Å². The molecule has 0 aliphatic heterocycles. The van der Waals surface area contributed by atoms with E-state index in [1.807, 2.05) is 13.2 Å². The second-order valence-electron chi connectivity index (χ2n) is 5.49. The third-order valence-corrected chi connectivity index (χ3v) is 4.35. The Morgan fingerprint density at radius 2 is 2.08 bits per heavy atom. The molecule has 0 spiro atoms. The molecule has 3 aromatic rings. The number of thiazole rings is 1. The Kier molecular flexibility index (Phi) is 4.99. The summed E-state index contributed by atoms with van der Waals surface area (Å²) in [4.78, 5) is 28.0. The van der Waals surface area contributed by atoms with Crippen LogP contribution in [0.15, 0.2) is 36.0 Å². The van der Waals surface area contributed by atoms with Gasteiger partial charge in [0.2, 0.25) is 5.91 Å². The third-order valence-electron chi connectivity index (χ3n) is 3.46. The van der Waals surface area contributed by atoms with E-state index in [0.717, 1.165) is 10.6 Å². The molecule has 0 saturated heterocycles. The fourth-order valence-corrected chi connectivity index (χ4v) is 3.07. The van der Waals surface area contributed by atoms with E-state index in [0.29, 0.717) is 22.8 Å². The smallest absolute Gasteiger partial charge is 0.275 e. The molecule has 9 heteroatoms. The maximum absolute atomic E-state index is 12.4. The molecule has 0 fully saturated rings. The minimum absolute atomic E-state index is 0.203. The molecular weight excluding hydrogens is 354 g/mol. The quantitative estimate of drug-likeness (QED) is 0.719. The Hall–Kier alpha value is -3.20. The molecule has 0 radical (unpaired) electrons. The molecule has 2 N–H and O–H groups in total. The van der Waals surface area contributed by atoms with Crippen molar-refractivity contribution in [2.45, 2.75) is 6.92 Å². The van der Waals surface area contributed by atoms with Crippen LogP contribution in [0.5, 0.6) is 5.75 Å². The zero-order valence-electron chi connectivity index (χ0n) is 14.4. The first-order valence-electron chi connectivity index (χ1n) is 7.68. The van der Waals surface area contributed by atoms with Gasteiger partial charge >= 0.3 is 0 Å². The zero-order valence-corrected chi connectivity index (χ0v) is 15.3. The Morgan fingerprint density at radius 3 is 2.73 bits per heavy atom. The number of carbonyl (C=O) groups excluding carboxylic acids is 2. The number of aryl methyl sites for hydroxylation is 1. The normalized spacial score (nSPS) is 10.4. The first-order valence-corrected chi connectivity index (χ1v) is 8.55. The van der Waals surface area contributed by atoms with E-state index in [9.17, 15) is 9.59 Å². The highest BCUT2D eigenvalue weighted by Gasteiger charge is 2.14. The SMILES string of the molecule is COc1cc(NC(=O)c2csc(-c3cnn(C)c3)n2)ccc1NC(C)=O. The molecular formula is C17H17N5O3S. The largest absolute Gasteiger partial charge is 0.494 e. The summed E-state index contributed by atoms with van der Waals surface area (Å²) in [5.41, 5.74) is 2.25. The van der Waals surface area contributed by atoms with Crippen molar-refractivity contribution < 1.29 is 14.3 Å². The first kappa shape index (κ1) is 17.6. The number of aromatic nitrogens is 3. The molecule has 0 bridgehead atoms. The lowest BCUT2D eigenvalue weighted by Crippen LogP contribution is -2.13. The van der Waals surface area contributed by atoms with Crippen molar-refractivity contribution in [1.82, 2.24) is 14.8 Å². The number of nitrogens with one attached hydrogen (secondary N) is 2. The standard InChI is InChI=1S/C17H17N5O3S/c1-10(23)19-13-5-4-12(6-15(13)25-3)20-16(24)14-9-26-17(21-14)11-7-18-22(2)8-11/h4-9H,1-3H3,(H,19,23)(H,20,24). The molecule has 1 aromatic carbocycles. The van der Waals surface area contributed by atoms with Crippen LogP contribution in [0.25, 0.3) is 10.6 Å². The number of anilines is 2. The van der Waals surface area contributed by atoms with Gasteiger partial charge in [-0.1, -0.05) is 0 Å². The van der Waals surface area contributed by atoms with Crippen molar-refractivity contribution in [3.8, 4) is 16.3 Å². The van der Waals surface area contributed by atoms with E-state index in [1.54, 1.807) is 34.5 Å². The van der Waals surface area contributed by atoms with Crippen LogP contribution in [-0.4, -0.2) is 33.7 Å². The fraction of sp³-hybridized carbons (Fsp3) is 0.176. The van der Waals surface area contributed by atoms with Gasteiger partial charge in [-0.3, -0.25) is 14.3 Å². The number of methoxy groups -OCH3 is 1. The molecule has 0 saturated carbocycles. The van der Waals surface area contributed by atoms with Gasteiger partial charge in [-0.05, 0) is 12.1 Å². The van der Waals surface area contributed by atoms with Gasteiger partial charge in [0, 0.05) is 42.9 Å². The third kappa shape index (κ3) is 3.89. The summed E-state index contributed by atoms with van der Waals surface area (Å²) in [6, 6.07) is 4.98. The first-order chi connectivity index (χ1) is 12.5. The highest BCUT2D eigenvalue weighted by Crippen LogP contribution is 2.28. The summed E-state index contributed by atoms with van der Waals surface area (Å²) in [6.45, 7) is 1.41. The van der Waals surface area contributed by atoms with Crippen LogP contribution in [-0.2, 0) is 11.8 Å². The Labute approximate surface area is 153 Å². The topological polar surface area (TPSA) is 98.1 Å². The van der Waals surface area contributed by atoms with Crippen LogP contribution in [0.2, 0.25) is 0 Å². The van der Waals surface area contributed by atoms with Crippen LogP contribution in [0, 0.1) is 0 Å². The lowest BCUT2D eigenvalue weighted by atomic mass is 10.2. The Balaban J connectivity index is 1.75. The highest BCUT2D eigenvalue weighted by molar-refractivity contribution is 7.13. The fourth-order valence-electron chi connectivity index (χ4n) is 2.30. The van der Waals surface area contributed by atoms with Gasteiger partial charge in [0.15, 0.2) is 0 Å². The molecule has 26 heavy (non-hydrogen) atoms. The number of carbonyl (C=O) groups is 2. The van der Waals surface area contributed by atoms with Gasteiger partial charge in [0.25, 0.3) is 5.91 Å². The second-order valence-corrected chi connectivity index (χ2v) is 6.35. The molecule has 2 amide bonds. The molecule has 0 aliphatic rings. The minimum Gasteiger partial charge on any atom is -0.494 e. The molecule has 0 atom stereocenters. The van der Waals surface area contributed by atoms with Crippen LogP contribution >= 0.6 is 11.3 Å². The molecule has 2 aromatic heterocycles. The van der Waals surface area contributed by atoms with Gasteiger partial charge in [-0.25, -0.2) is 4.98 Å². The van der Waals surface area contributed by atoms with Gasteiger partial charge in [0.05, 0.1) is 19.0 Å². The van der Waals surface area contributed by atoms with Gasteiger partial charge in [0.1, 0.15) is 16.5 Å². The number of amides is 2. The molecule has 0 unspecified atom stereocenters. The zero-order chi connectivity index (χ0) is 18.7. The van der Waals surface area contributed by atoms with E-state index < -0.39 is 0 Å². The maximum Gasteiger partial charge on any atom is 0.275 e. The average Bonchev–Trinajstić information content (AvgIpc) is 3.24. The van der Waals surface area contributed by atoms with E-state index in [2.05, 4.69) is 20.7 Å². The summed E-state index contributed by atoms with van der Waals surface area (Å²) in [7, 11) is 3.32. The average molecular weight is 371 g/mol. The highest BCUT2D eigenvalue weighted by atomic mass is 32.1. The van der Waals surface area contributed by atoms with E-state index in [1.165, 1.54) is 25.4 Å². The number of benzene rings is 1. The predicted molar refractivity (Wildman–Crippen MR) is 99.6 cm³/mol. The van der Waals surface area contributed by atoms with Crippen molar-refractivity contribution in [3.05, 3.63) is 41.7 Å². The minimum atomic E-state index is -0.328. The van der Waals surface area contributed by atoms with Crippen molar-refractivity contribution in [3.63, 3.8) is 0 Å². The van der Waals surface area contributed by atoms with Crippen molar-refractivity contribution in [2.75, 3.05) is 17.7 Å². The molecule has 0 aliphatic carbocycles. The lowest BCUT2D eigenvalue weighted by molar-refractivity contribution is -0.114. The van der Waals surface area contributed by atoms with Crippen LogP contribution in [0.4, 0.5) is 11.4 Å². The lowest BCUT2D eigenvalue weighted by Gasteiger charge is -2.11. The van der Waals surface area contributed by atoms with E-state index >= 15 is 0 Å². The van der Waals surface area contributed by atoms with Crippen molar-refractivity contribution >= 4 is 34.5 Å². The summed E-state index contributed by atoms with van der Waals surface area (Å²) >= 11 is 1.37. The van der Waals surface area contributed by atoms with Crippen LogP contribution < -0.4 is 15.4 Å². The monoisotopic (exact) mass is 371 g/mol. The number of hydrogen-bond acceptors (Lipinski definition) is 6. The Morgan fingerprint density at radius 1 is 1.27 bits per heavy atom. The van der Waals surface area contributed by atoms with Gasteiger partial charge < -0.3 is 15.4 Å². The van der Waals surface area contributed by atoms with Gasteiger partial charge in [-0.2, -0.15) is 5.10 Å². The van der Waals surface area contributed by atoms with Gasteiger partial charge in [-0.15, -0.1) is 11.3 Å². The number of hydrogen-bond donors (Lipinski definition) is 2. The molecule has 134 valence electrons. The summed E-state index contributed by atoms with van der Waals surface area (Å²) in [5, 5.41) is 12.0. The van der Waals surface area contributed by atoms with Crippen LogP contribution in [0.3, 0.4) is 0 Å². The Bertz CT molecular complexity index is 963. The number of ether oxygens (including phenoxy) is 1. The molecule has 2 heterocycles. The van der Waals surface area contributed by atoms with E-state index in [-0.39, 0.29) is 11.8 Å². The van der Waals surface area contributed by atoms with Crippen molar-refractivity contribution in [2.24, 2.45) is 7.05 Å². The molecule has 8 nitrogen and oxygen atoms in total. The van der Waals surface area contributed by atoms with E-state index in [4.69, 9.17) is 4.74 Å². The second kappa shape index (κ2) is 7.36. The predicted octanol–water partition coefficient (Wildman–Crippen LogP) is 2.76. The summed E-state index contributed by atoms with van der Waals surface area (Å²) < 4.78 is 6.93. The number of nitrogens with zero attached hydrogens (tertiary/aromatic N) is 3. The molecule has 3 rings (SSSR count).